The number of amides is 1. The molecule has 1 amide bonds. The predicted octanol–water partition coefficient (Wildman–Crippen LogP) is 3.72. The maximum absolute atomic E-state index is 12.3. The maximum atomic E-state index is 12.3. The summed E-state index contributed by atoms with van der Waals surface area (Å²) in [4.78, 5) is 27.0. The van der Waals surface area contributed by atoms with Crippen LogP contribution in [0.4, 0.5) is 11.4 Å². The first kappa shape index (κ1) is 18.5. The van der Waals surface area contributed by atoms with Crippen molar-refractivity contribution in [2.24, 2.45) is 5.92 Å². The zero-order valence-corrected chi connectivity index (χ0v) is 15.0. The van der Waals surface area contributed by atoms with Crippen LogP contribution in [0, 0.1) is 16.0 Å². The molecule has 0 N–H and O–H groups in total. The molecule has 1 saturated heterocycles. The number of piperazine rings is 1. The molecule has 1 aromatic rings. The fraction of sp³-hybridized carbons (Fsp3) is 0.588. The number of anilines is 1. The molecule has 0 spiro atoms. The van der Waals surface area contributed by atoms with E-state index in [9.17, 15) is 14.9 Å². The predicted molar refractivity (Wildman–Crippen MR) is 95.6 cm³/mol. The molecular weight excluding hydrogens is 330 g/mol. The minimum absolute atomic E-state index is 0.0128. The number of hydrogen-bond donors (Lipinski definition) is 0. The molecular formula is C17H24ClN3O3. The molecule has 0 saturated carbocycles. The third kappa shape index (κ3) is 4.60. The number of nitro groups is 1. The van der Waals surface area contributed by atoms with E-state index in [0.717, 1.165) is 12.8 Å². The van der Waals surface area contributed by atoms with E-state index in [2.05, 4.69) is 13.8 Å². The Labute approximate surface area is 147 Å². The summed E-state index contributed by atoms with van der Waals surface area (Å²) in [5.74, 6) is 0.582. The molecule has 2 rings (SSSR count). The van der Waals surface area contributed by atoms with Gasteiger partial charge in [0.1, 0.15) is 5.69 Å². The molecule has 0 bridgehead atoms. The lowest BCUT2D eigenvalue weighted by molar-refractivity contribution is -0.384. The average Bonchev–Trinajstić information content (AvgIpc) is 2.55. The number of carbonyl (C=O) groups is 1. The van der Waals surface area contributed by atoms with Gasteiger partial charge in [-0.15, -0.1) is 0 Å². The second-order valence-electron chi connectivity index (χ2n) is 6.36. The Morgan fingerprint density at radius 3 is 2.58 bits per heavy atom. The molecule has 7 heteroatoms. The van der Waals surface area contributed by atoms with Crippen LogP contribution in [0.25, 0.3) is 0 Å². The summed E-state index contributed by atoms with van der Waals surface area (Å²) >= 11 is 5.86. The topological polar surface area (TPSA) is 66.7 Å². The number of hydrogen-bond acceptors (Lipinski definition) is 4. The van der Waals surface area contributed by atoms with Gasteiger partial charge in [-0.3, -0.25) is 14.9 Å². The first-order valence-corrected chi connectivity index (χ1v) is 8.76. The SMILES string of the molecule is CCCC(C)CC(=O)N1CCN(c2ccc(Cl)cc2[N+](=O)[O-])CC1. The molecule has 0 aromatic heterocycles. The van der Waals surface area contributed by atoms with Gasteiger partial charge in [-0.2, -0.15) is 0 Å². The van der Waals surface area contributed by atoms with Crippen LogP contribution >= 0.6 is 11.6 Å². The molecule has 24 heavy (non-hydrogen) atoms. The number of benzene rings is 1. The van der Waals surface area contributed by atoms with Crippen LogP contribution in [0.2, 0.25) is 5.02 Å². The summed E-state index contributed by atoms with van der Waals surface area (Å²) in [6.07, 6.45) is 2.72. The summed E-state index contributed by atoms with van der Waals surface area (Å²) in [6.45, 7) is 6.61. The Morgan fingerprint density at radius 2 is 2.00 bits per heavy atom. The normalized spacial score (nSPS) is 16.1. The number of nitrogens with zero attached hydrogens (tertiary/aromatic N) is 3. The van der Waals surface area contributed by atoms with Crippen LogP contribution in [-0.2, 0) is 4.79 Å². The van der Waals surface area contributed by atoms with Crippen LogP contribution in [0.15, 0.2) is 18.2 Å². The highest BCUT2D eigenvalue weighted by molar-refractivity contribution is 6.30. The van der Waals surface area contributed by atoms with E-state index < -0.39 is 4.92 Å². The molecule has 1 fully saturated rings. The highest BCUT2D eigenvalue weighted by Gasteiger charge is 2.26. The molecule has 1 aromatic carbocycles. The van der Waals surface area contributed by atoms with Crippen molar-refractivity contribution in [3.8, 4) is 0 Å². The van der Waals surface area contributed by atoms with Gasteiger partial charge in [0.25, 0.3) is 5.69 Å². The van der Waals surface area contributed by atoms with Crippen molar-refractivity contribution < 1.29 is 9.72 Å². The largest absolute Gasteiger partial charge is 0.362 e. The lowest BCUT2D eigenvalue weighted by Gasteiger charge is -2.36. The fourth-order valence-corrected chi connectivity index (χ4v) is 3.30. The molecule has 1 unspecified atom stereocenters. The highest BCUT2D eigenvalue weighted by Crippen LogP contribution is 2.31. The van der Waals surface area contributed by atoms with E-state index in [1.807, 2.05) is 9.80 Å². The zero-order valence-electron chi connectivity index (χ0n) is 14.2. The monoisotopic (exact) mass is 353 g/mol. The van der Waals surface area contributed by atoms with Crippen molar-refractivity contribution >= 4 is 28.9 Å². The molecule has 132 valence electrons. The van der Waals surface area contributed by atoms with E-state index in [4.69, 9.17) is 11.6 Å². The van der Waals surface area contributed by atoms with Gasteiger partial charge in [-0.25, -0.2) is 0 Å². The first-order chi connectivity index (χ1) is 11.4. The minimum atomic E-state index is -0.412. The Balaban J connectivity index is 1.98. The zero-order chi connectivity index (χ0) is 17.7. The molecule has 1 aliphatic rings. The maximum Gasteiger partial charge on any atom is 0.294 e. The Hall–Kier alpha value is -1.82. The van der Waals surface area contributed by atoms with Gasteiger partial charge in [0.15, 0.2) is 0 Å². The molecule has 0 aliphatic carbocycles. The van der Waals surface area contributed by atoms with E-state index >= 15 is 0 Å². The average molecular weight is 354 g/mol. The van der Waals surface area contributed by atoms with Crippen LogP contribution in [0.5, 0.6) is 0 Å². The van der Waals surface area contributed by atoms with Gasteiger partial charge < -0.3 is 9.80 Å². The standard InChI is InChI=1S/C17H24ClN3O3/c1-3-4-13(2)11-17(22)20-9-7-19(8-10-20)15-6-5-14(18)12-16(15)21(23)24/h5-6,12-13H,3-4,7-11H2,1-2H3. The van der Waals surface area contributed by atoms with E-state index in [1.54, 1.807) is 12.1 Å². The van der Waals surface area contributed by atoms with E-state index in [-0.39, 0.29) is 11.6 Å². The summed E-state index contributed by atoms with van der Waals surface area (Å²) in [6, 6.07) is 4.72. The van der Waals surface area contributed by atoms with Crippen molar-refractivity contribution in [2.75, 3.05) is 31.1 Å². The summed E-state index contributed by atoms with van der Waals surface area (Å²) in [5.41, 5.74) is 0.578. The molecule has 1 heterocycles. The summed E-state index contributed by atoms with van der Waals surface area (Å²) in [5, 5.41) is 11.6. The summed E-state index contributed by atoms with van der Waals surface area (Å²) in [7, 11) is 0. The van der Waals surface area contributed by atoms with Gasteiger partial charge >= 0.3 is 0 Å². The first-order valence-electron chi connectivity index (χ1n) is 8.39. The van der Waals surface area contributed by atoms with Crippen molar-refractivity contribution in [1.29, 1.82) is 0 Å². The van der Waals surface area contributed by atoms with Crippen LogP contribution in [-0.4, -0.2) is 41.9 Å². The number of rotatable bonds is 6. The van der Waals surface area contributed by atoms with Crippen molar-refractivity contribution in [1.82, 2.24) is 4.90 Å². The Kier molecular flexibility index (Phi) is 6.43. The van der Waals surface area contributed by atoms with Gasteiger partial charge in [-0.1, -0.05) is 38.3 Å². The second-order valence-corrected chi connectivity index (χ2v) is 6.79. The van der Waals surface area contributed by atoms with Gasteiger partial charge in [0, 0.05) is 43.7 Å². The molecule has 0 radical (unpaired) electrons. The van der Waals surface area contributed by atoms with Crippen molar-refractivity contribution in [2.45, 2.75) is 33.1 Å². The van der Waals surface area contributed by atoms with Gasteiger partial charge in [-0.05, 0) is 18.1 Å². The van der Waals surface area contributed by atoms with Gasteiger partial charge in [0.2, 0.25) is 5.91 Å². The van der Waals surface area contributed by atoms with Crippen LogP contribution < -0.4 is 4.90 Å². The Morgan fingerprint density at radius 1 is 1.33 bits per heavy atom. The molecule has 6 nitrogen and oxygen atoms in total. The van der Waals surface area contributed by atoms with Crippen molar-refractivity contribution in [3.05, 3.63) is 33.3 Å². The van der Waals surface area contributed by atoms with Crippen LogP contribution in [0.3, 0.4) is 0 Å². The third-order valence-corrected chi connectivity index (χ3v) is 4.65. The second kappa shape index (κ2) is 8.33. The Bertz CT molecular complexity index is 601. The number of halogens is 1. The lowest BCUT2D eigenvalue weighted by atomic mass is 10.0. The number of nitro benzene ring substituents is 1. The third-order valence-electron chi connectivity index (χ3n) is 4.41. The fourth-order valence-electron chi connectivity index (χ4n) is 3.13. The molecule has 1 aliphatic heterocycles. The smallest absolute Gasteiger partial charge is 0.294 e. The van der Waals surface area contributed by atoms with Crippen LogP contribution in [0.1, 0.15) is 33.1 Å². The van der Waals surface area contributed by atoms with E-state index in [1.165, 1.54) is 6.07 Å². The van der Waals surface area contributed by atoms with Gasteiger partial charge in [0.05, 0.1) is 4.92 Å². The highest BCUT2D eigenvalue weighted by atomic mass is 35.5. The minimum Gasteiger partial charge on any atom is -0.362 e. The van der Waals surface area contributed by atoms with Crippen molar-refractivity contribution in [3.63, 3.8) is 0 Å². The summed E-state index contributed by atoms with van der Waals surface area (Å²) < 4.78 is 0. The lowest BCUT2D eigenvalue weighted by Crippen LogP contribution is -2.49. The molecule has 1 atom stereocenters. The number of carbonyl (C=O) groups excluding carboxylic acids is 1. The quantitative estimate of drug-likeness (QED) is 0.577. The van der Waals surface area contributed by atoms with E-state index in [0.29, 0.717) is 49.2 Å².